The zero-order valence-corrected chi connectivity index (χ0v) is 7.09. The Labute approximate surface area is 67.7 Å². The van der Waals surface area contributed by atoms with Crippen molar-refractivity contribution in [3.8, 4) is 0 Å². The number of aryl methyl sites for hydroxylation is 1. The highest BCUT2D eigenvalue weighted by Gasteiger charge is 1.93. The molecule has 0 atom stereocenters. The van der Waals surface area contributed by atoms with Gasteiger partial charge in [0, 0.05) is 24.6 Å². The van der Waals surface area contributed by atoms with Crippen molar-refractivity contribution < 1.29 is 0 Å². The second-order valence-electron chi connectivity index (χ2n) is 2.62. The van der Waals surface area contributed by atoms with Crippen molar-refractivity contribution in [3.63, 3.8) is 0 Å². The Kier molecular flexibility index (Phi) is 2.90. The zero-order valence-electron chi connectivity index (χ0n) is 7.09. The maximum atomic E-state index is 4.01. The maximum Gasteiger partial charge on any atom is 0.0400 e. The lowest BCUT2D eigenvalue weighted by Crippen LogP contribution is -2.01. The molecule has 2 nitrogen and oxygen atoms in total. The molecule has 1 heterocycles. The van der Waals surface area contributed by atoms with E-state index in [4.69, 9.17) is 0 Å². The van der Waals surface area contributed by atoms with Gasteiger partial charge >= 0.3 is 0 Å². The van der Waals surface area contributed by atoms with Crippen molar-refractivity contribution in [1.82, 2.24) is 4.98 Å². The standard InChI is InChI=1S/C9H14N2/c1-3-5-11-9-4-6-10-7-8(9)2/h4,6-7H,3,5H2,1-2H3,(H,10,11). The third-order valence-corrected chi connectivity index (χ3v) is 1.59. The van der Waals surface area contributed by atoms with Gasteiger partial charge in [0.1, 0.15) is 0 Å². The average molecular weight is 150 g/mol. The summed E-state index contributed by atoms with van der Waals surface area (Å²) in [5.41, 5.74) is 2.41. The number of anilines is 1. The van der Waals surface area contributed by atoms with Gasteiger partial charge in [0.25, 0.3) is 0 Å². The normalized spacial score (nSPS) is 9.64. The molecule has 0 amide bonds. The molecule has 1 aromatic rings. The van der Waals surface area contributed by atoms with Crippen LogP contribution < -0.4 is 5.32 Å². The van der Waals surface area contributed by atoms with Crippen LogP contribution in [0.2, 0.25) is 0 Å². The zero-order chi connectivity index (χ0) is 8.10. The Morgan fingerprint density at radius 1 is 1.55 bits per heavy atom. The van der Waals surface area contributed by atoms with Crippen molar-refractivity contribution in [2.75, 3.05) is 11.9 Å². The summed E-state index contributed by atoms with van der Waals surface area (Å²) in [4.78, 5) is 4.01. The third kappa shape index (κ3) is 2.22. The summed E-state index contributed by atoms with van der Waals surface area (Å²) >= 11 is 0. The summed E-state index contributed by atoms with van der Waals surface area (Å²) in [5, 5.41) is 3.32. The Morgan fingerprint density at radius 2 is 2.36 bits per heavy atom. The first-order valence-corrected chi connectivity index (χ1v) is 3.99. The molecule has 0 saturated heterocycles. The van der Waals surface area contributed by atoms with E-state index in [0.717, 1.165) is 13.0 Å². The molecule has 0 saturated carbocycles. The van der Waals surface area contributed by atoms with E-state index in [0.29, 0.717) is 0 Å². The van der Waals surface area contributed by atoms with Gasteiger partial charge in [-0.2, -0.15) is 0 Å². The maximum absolute atomic E-state index is 4.01. The summed E-state index contributed by atoms with van der Waals surface area (Å²) in [7, 11) is 0. The molecule has 1 N–H and O–H groups in total. The minimum absolute atomic E-state index is 1.03. The molecule has 0 bridgehead atoms. The predicted molar refractivity (Wildman–Crippen MR) is 47.8 cm³/mol. The van der Waals surface area contributed by atoms with Crippen LogP contribution in [0.25, 0.3) is 0 Å². The van der Waals surface area contributed by atoms with E-state index in [9.17, 15) is 0 Å². The van der Waals surface area contributed by atoms with Crippen molar-refractivity contribution in [2.45, 2.75) is 20.3 Å². The highest BCUT2D eigenvalue weighted by atomic mass is 14.9. The molecule has 11 heavy (non-hydrogen) atoms. The van der Waals surface area contributed by atoms with Crippen LogP contribution in [0.1, 0.15) is 18.9 Å². The van der Waals surface area contributed by atoms with Gasteiger partial charge < -0.3 is 5.32 Å². The molecule has 0 aliphatic heterocycles. The molecular formula is C9H14N2. The van der Waals surface area contributed by atoms with Crippen molar-refractivity contribution in [1.29, 1.82) is 0 Å². The second kappa shape index (κ2) is 3.96. The van der Waals surface area contributed by atoms with Crippen LogP contribution in [-0.2, 0) is 0 Å². The van der Waals surface area contributed by atoms with E-state index in [1.807, 2.05) is 18.5 Å². The molecule has 0 aliphatic rings. The largest absolute Gasteiger partial charge is 0.385 e. The topological polar surface area (TPSA) is 24.9 Å². The van der Waals surface area contributed by atoms with Gasteiger partial charge in [-0.3, -0.25) is 4.98 Å². The van der Waals surface area contributed by atoms with E-state index >= 15 is 0 Å². The number of aromatic nitrogens is 1. The van der Waals surface area contributed by atoms with Crippen LogP contribution in [0.15, 0.2) is 18.5 Å². The number of hydrogen-bond acceptors (Lipinski definition) is 2. The van der Waals surface area contributed by atoms with Crippen molar-refractivity contribution in [2.24, 2.45) is 0 Å². The smallest absolute Gasteiger partial charge is 0.0400 e. The molecule has 1 aromatic heterocycles. The quantitative estimate of drug-likeness (QED) is 0.714. The highest BCUT2D eigenvalue weighted by molar-refractivity contribution is 5.48. The Morgan fingerprint density at radius 3 is 3.00 bits per heavy atom. The molecule has 0 aromatic carbocycles. The molecule has 0 fully saturated rings. The molecule has 2 heteroatoms. The van der Waals surface area contributed by atoms with E-state index in [1.165, 1.54) is 11.3 Å². The summed E-state index contributed by atoms with van der Waals surface area (Å²) in [5.74, 6) is 0. The van der Waals surface area contributed by atoms with Crippen molar-refractivity contribution >= 4 is 5.69 Å². The third-order valence-electron chi connectivity index (χ3n) is 1.59. The fourth-order valence-electron chi connectivity index (χ4n) is 0.931. The lowest BCUT2D eigenvalue weighted by molar-refractivity contribution is 0.976. The fourth-order valence-corrected chi connectivity index (χ4v) is 0.931. The van der Waals surface area contributed by atoms with Gasteiger partial charge in [0.2, 0.25) is 0 Å². The minimum Gasteiger partial charge on any atom is -0.385 e. The summed E-state index contributed by atoms with van der Waals surface area (Å²) < 4.78 is 0. The fraction of sp³-hybridized carbons (Fsp3) is 0.444. The van der Waals surface area contributed by atoms with Crippen LogP contribution in [0.5, 0.6) is 0 Å². The van der Waals surface area contributed by atoms with Gasteiger partial charge in [0.15, 0.2) is 0 Å². The van der Waals surface area contributed by atoms with Crippen LogP contribution in [-0.4, -0.2) is 11.5 Å². The molecule has 0 radical (unpaired) electrons. The van der Waals surface area contributed by atoms with E-state index < -0.39 is 0 Å². The van der Waals surface area contributed by atoms with Gasteiger partial charge in [0.05, 0.1) is 0 Å². The van der Waals surface area contributed by atoms with E-state index in [1.54, 1.807) is 0 Å². The number of pyridine rings is 1. The first-order valence-electron chi connectivity index (χ1n) is 3.99. The molecule has 0 spiro atoms. The Balaban J connectivity index is 2.62. The van der Waals surface area contributed by atoms with Gasteiger partial charge in [-0.1, -0.05) is 6.92 Å². The van der Waals surface area contributed by atoms with Gasteiger partial charge in [-0.15, -0.1) is 0 Å². The molecule has 0 aliphatic carbocycles. The monoisotopic (exact) mass is 150 g/mol. The summed E-state index contributed by atoms with van der Waals surface area (Å²) in [6.45, 7) is 5.25. The number of hydrogen-bond donors (Lipinski definition) is 1. The Hall–Kier alpha value is -1.05. The van der Waals surface area contributed by atoms with E-state index in [2.05, 4.69) is 24.1 Å². The lowest BCUT2D eigenvalue weighted by atomic mass is 10.2. The van der Waals surface area contributed by atoms with Crippen LogP contribution in [0.3, 0.4) is 0 Å². The van der Waals surface area contributed by atoms with E-state index in [-0.39, 0.29) is 0 Å². The Bertz CT molecular complexity index is 221. The molecule has 60 valence electrons. The highest BCUT2D eigenvalue weighted by Crippen LogP contribution is 2.10. The number of rotatable bonds is 3. The predicted octanol–water partition coefficient (Wildman–Crippen LogP) is 2.21. The van der Waals surface area contributed by atoms with Gasteiger partial charge in [-0.25, -0.2) is 0 Å². The summed E-state index contributed by atoms with van der Waals surface area (Å²) in [6.07, 6.45) is 4.84. The van der Waals surface area contributed by atoms with Crippen LogP contribution in [0, 0.1) is 6.92 Å². The van der Waals surface area contributed by atoms with Crippen LogP contribution >= 0.6 is 0 Å². The number of nitrogens with zero attached hydrogens (tertiary/aromatic N) is 1. The first-order chi connectivity index (χ1) is 5.34. The average Bonchev–Trinajstić information content (AvgIpc) is 2.03. The van der Waals surface area contributed by atoms with Crippen LogP contribution in [0.4, 0.5) is 5.69 Å². The van der Waals surface area contributed by atoms with Crippen molar-refractivity contribution in [3.05, 3.63) is 24.0 Å². The SMILES string of the molecule is CCCNc1ccncc1C. The second-order valence-corrected chi connectivity index (χ2v) is 2.62. The molecular weight excluding hydrogens is 136 g/mol. The minimum atomic E-state index is 1.03. The first kappa shape index (κ1) is 8.05. The molecule has 0 unspecified atom stereocenters. The summed E-state index contributed by atoms with van der Waals surface area (Å²) in [6, 6.07) is 2.00. The molecule has 1 rings (SSSR count). The van der Waals surface area contributed by atoms with Gasteiger partial charge in [-0.05, 0) is 25.0 Å². The lowest BCUT2D eigenvalue weighted by Gasteiger charge is -2.06. The number of nitrogens with one attached hydrogen (secondary N) is 1.